The minimum atomic E-state index is -3.24. The Kier molecular flexibility index (Phi) is 4.95. The van der Waals surface area contributed by atoms with E-state index in [4.69, 9.17) is 0 Å². The number of rotatable bonds is 4. The maximum atomic E-state index is 13.1. The summed E-state index contributed by atoms with van der Waals surface area (Å²) in [5.41, 5.74) is 0.184. The molecule has 7 heteroatoms. The van der Waals surface area contributed by atoms with Gasteiger partial charge in [-0.05, 0) is 42.9 Å². The molecular formula is C14H19F2NO3S. The summed E-state index contributed by atoms with van der Waals surface area (Å²) in [4.78, 5) is 0. The Hall–Kier alpha value is -1.05. The first kappa shape index (κ1) is 16.3. The van der Waals surface area contributed by atoms with Gasteiger partial charge in [0.15, 0.2) is 0 Å². The van der Waals surface area contributed by atoms with E-state index in [0.717, 1.165) is 37.3 Å². The van der Waals surface area contributed by atoms with Crippen molar-refractivity contribution in [1.82, 2.24) is 4.31 Å². The molecule has 1 heterocycles. The maximum Gasteiger partial charge on any atom is 0.211 e. The van der Waals surface area contributed by atoms with E-state index in [0.29, 0.717) is 13.1 Å². The van der Waals surface area contributed by atoms with Gasteiger partial charge in [0.05, 0.1) is 12.4 Å². The maximum absolute atomic E-state index is 13.1. The fraction of sp³-hybridized carbons (Fsp3) is 0.571. The van der Waals surface area contributed by atoms with Gasteiger partial charge in [-0.25, -0.2) is 21.5 Å². The average molecular weight is 319 g/mol. The number of aliphatic hydroxyl groups excluding tert-OH is 1. The molecule has 0 spiro atoms. The summed E-state index contributed by atoms with van der Waals surface area (Å²) in [6.07, 6.45) is 1.96. The second-order valence-electron chi connectivity index (χ2n) is 5.58. The lowest BCUT2D eigenvalue weighted by Gasteiger charge is -2.32. The molecule has 118 valence electrons. The highest BCUT2D eigenvalue weighted by atomic mass is 32.2. The van der Waals surface area contributed by atoms with Gasteiger partial charge in [0.2, 0.25) is 10.0 Å². The molecular weight excluding hydrogens is 300 g/mol. The molecule has 0 bridgehead atoms. The molecule has 1 aromatic rings. The molecule has 21 heavy (non-hydrogen) atoms. The van der Waals surface area contributed by atoms with Gasteiger partial charge in [-0.15, -0.1) is 0 Å². The van der Waals surface area contributed by atoms with Gasteiger partial charge in [0, 0.05) is 19.2 Å². The largest absolute Gasteiger partial charge is 0.388 e. The van der Waals surface area contributed by atoms with Crippen molar-refractivity contribution in [2.75, 3.05) is 19.3 Å². The molecule has 1 N–H and O–H groups in total. The van der Waals surface area contributed by atoms with Crippen molar-refractivity contribution < 1.29 is 22.3 Å². The molecule has 1 aliphatic rings. The zero-order chi connectivity index (χ0) is 15.6. The van der Waals surface area contributed by atoms with Crippen LogP contribution in [0.3, 0.4) is 0 Å². The molecule has 0 amide bonds. The van der Waals surface area contributed by atoms with E-state index in [2.05, 4.69) is 0 Å². The van der Waals surface area contributed by atoms with Crippen LogP contribution in [0.5, 0.6) is 0 Å². The van der Waals surface area contributed by atoms with E-state index >= 15 is 0 Å². The van der Waals surface area contributed by atoms with Crippen molar-refractivity contribution in [1.29, 1.82) is 0 Å². The molecule has 2 unspecified atom stereocenters. The summed E-state index contributed by atoms with van der Waals surface area (Å²) in [7, 11) is -3.24. The van der Waals surface area contributed by atoms with Gasteiger partial charge in [0.1, 0.15) is 11.6 Å². The number of piperidine rings is 1. The number of halogens is 2. The molecule has 1 aromatic carbocycles. The van der Waals surface area contributed by atoms with Crippen molar-refractivity contribution in [2.24, 2.45) is 5.92 Å². The average Bonchev–Trinajstić information content (AvgIpc) is 2.37. The van der Waals surface area contributed by atoms with Crippen LogP contribution in [0.1, 0.15) is 30.9 Å². The summed E-state index contributed by atoms with van der Waals surface area (Å²) >= 11 is 0. The Morgan fingerprint density at radius 3 is 2.52 bits per heavy atom. The Labute approximate surface area is 123 Å². The number of sulfonamides is 1. The van der Waals surface area contributed by atoms with Gasteiger partial charge in [0.25, 0.3) is 0 Å². The predicted molar refractivity (Wildman–Crippen MR) is 75.1 cm³/mol. The molecule has 1 fully saturated rings. The van der Waals surface area contributed by atoms with E-state index in [-0.39, 0.29) is 17.9 Å². The number of nitrogens with zero attached hydrogens (tertiary/aromatic N) is 1. The highest BCUT2D eigenvalue weighted by Crippen LogP contribution is 2.29. The van der Waals surface area contributed by atoms with Crippen molar-refractivity contribution in [3.05, 3.63) is 35.4 Å². The zero-order valence-electron chi connectivity index (χ0n) is 11.8. The zero-order valence-corrected chi connectivity index (χ0v) is 12.6. The van der Waals surface area contributed by atoms with E-state index in [1.54, 1.807) is 0 Å². The van der Waals surface area contributed by atoms with E-state index in [1.165, 1.54) is 4.31 Å². The van der Waals surface area contributed by atoms with Crippen LogP contribution in [-0.2, 0) is 10.0 Å². The van der Waals surface area contributed by atoms with Crippen molar-refractivity contribution in [3.63, 3.8) is 0 Å². The minimum absolute atomic E-state index is 0.0187. The Morgan fingerprint density at radius 1 is 1.33 bits per heavy atom. The van der Waals surface area contributed by atoms with Gasteiger partial charge >= 0.3 is 0 Å². The second-order valence-corrected chi connectivity index (χ2v) is 7.57. The van der Waals surface area contributed by atoms with Crippen LogP contribution >= 0.6 is 0 Å². The van der Waals surface area contributed by atoms with Gasteiger partial charge in [-0.2, -0.15) is 0 Å². The topological polar surface area (TPSA) is 57.6 Å². The summed E-state index contributed by atoms with van der Waals surface area (Å²) in [6, 6.07) is 2.96. The summed E-state index contributed by atoms with van der Waals surface area (Å²) < 4.78 is 50.8. The number of aliphatic hydroxyl groups is 1. The van der Waals surface area contributed by atoms with Gasteiger partial charge in [-0.3, -0.25) is 0 Å². The lowest BCUT2D eigenvalue weighted by Crippen LogP contribution is -2.39. The molecule has 0 saturated carbocycles. The van der Waals surface area contributed by atoms with E-state index in [1.807, 2.05) is 0 Å². The van der Waals surface area contributed by atoms with E-state index < -0.39 is 27.8 Å². The lowest BCUT2D eigenvalue weighted by molar-refractivity contribution is 0.122. The normalized spacial score (nSPS) is 22.2. The SMILES string of the molecule is CS(=O)(=O)N1CCCC(CC(O)c2cc(F)cc(F)c2)C1. The van der Waals surface area contributed by atoms with Crippen LogP contribution in [0.25, 0.3) is 0 Å². The Morgan fingerprint density at radius 2 is 1.95 bits per heavy atom. The Balaban J connectivity index is 2.03. The third-order valence-corrected chi connectivity index (χ3v) is 5.05. The van der Waals surface area contributed by atoms with Crippen molar-refractivity contribution in [2.45, 2.75) is 25.4 Å². The van der Waals surface area contributed by atoms with E-state index in [9.17, 15) is 22.3 Å². The molecule has 4 nitrogen and oxygen atoms in total. The first-order chi connectivity index (χ1) is 9.75. The van der Waals surface area contributed by atoms with Crippen LogP contribution in [0.15, 0.2) is 18.2 Å². The number of hydrogen-bond donors (Lipinski definition) is 1. The molecule has 1 saturated heterocycles. The number of hydrogen-bond acceptors (Lipinski definition) is 3. The molecule has 2 atom stereocenters. The van der Waals surface area contributed by atoms with Crippen molar-refractivity contribution in [3.8, 4) is 0 Å². The highest BCUT2D eigenvalue weighted by Gasteiger charge is 2.27. The fourth-order valence-electron chi connectivity index (χ4n) is 2.74. The molecule has 0 aromatic heterocycles. The molecule has 2 rings (SSSR count). The third kappa shape index (κ3) is 4.46. The monoisotopic (exact) mass is 319 g/mol. The van der Waals surface area contributed by atoms with Crippen LogP contribution < -0.4 is 0 Å². The highest BCUT2D eigenvalue weighted by molar-refractivity contribution is 7.88. The number of benzene rings is 1. The predicted octanol–water partition coefficient (Wildman–Crippen LogP) is 2.06. The van der Waals surface area contributed by atoms with Crippen LogP contribution in [0.4, 0.5) is 8.78 Å². The standard InChI is InChI=1S/C14H19F2NO3S/c1-21(19,20)17-4-2-3-10(9-17)5-14(18)11-6-12(15)8-13(16)7-11/h6-8,10,14,18H,2-5,9H2,1H3. The lowest BCUT2D eigenvalue weighted by atomic mass is 9.91. The van der Waals surface area contributed by atoms with Crippen molar-refractivity contribution >= 4 is 10.0 Å². The molecule has 1 aliphatic heterocycles. The van der Waals surface area contributed by atoms with Gasteiger partial charge < -0.3 is 5.11 Å². The first-order valence-corrected chi connectivity index (χ1v) is 8.69. The third-order valence-electron chi connectivity index (χ3n) is 3.78. The summed E-state index contributed by atoms with van der Waals surface area (Å²) in [5, 5.41) is 10.1. The van der Waals surface area contributed by atoms with Gasteiger partial charge in [-0.1, -0.05) is 0 Å². The summed E-state index contributed by atoms with van der Waals surface area (Å²) in [6.45, 7) is 0.827. The first-order valence-electron chi connectivity index (χ1n) is 6.85. The van der Waals surface area contributed by atoms with Crippen LogP contribution in [-0.4, -0.2) is 37.2 Å². The van der Waals surface area contributed by atoms with Crippen LogP contribution in [0.2, 0.25) is 0 Å². The quantitative estimate of drug-likeness (QED) is 0.924. The molecule has 0 aliphatic carbocycles. The smallest absolute Gasteiger partial charge is 0.211 e. The molecule has 0 radical (unpaired) electrons. The van der Waals surface area contributed by atoms with Crippen LogP contribution in [0, 0.1) is 17.6 Å². The fourth-order valence-corrected chi connectivity index (χ4v) is 3.68. The summed E-state index contributed by atoms with van der Waals surface area (Å²) in [5.74, 6) is -1.48. The Bertz CT molecular complexity index is 586. The minimum Gasteiger partial charge on any atom is -0.388 e. The second kappa shape index (κ2) is 6.37.